The summed E-state index contributed by atoms with van der Waals surface area (Å²) >= 11 is 0. The number of benzene rings is 2. The van der Waals surface area contributed by atoms with E-state index in [1.165, 1.54) is 5.56 Å². The van der Waals surface area contributed by atoms with Crippen LogP contribution in [0.25, 0.3) is 22.0 Å². The van der Waals surface area contributed by atoms with Crippen LogP contribution in [-0.4, -0.2) is 10.1 Å². The van der Waals surface area contributed by atoms with Gasteiger partial charge in [0, 0.05) is 17.6 Å². The molecule has 0 aliphatic rings. The van der Waals surface area contributed by atoms with Gasteiger partial charge in [0.05, 0.1) is 16.8 Å². The third kappa shape index (κ3) is 4.39. The van der Waals surface area contributed by atoms with Crippen molar-refractivity contribution in [1.29, 1.82) is 0 Å². The molecule has 0 atom stereocenters. The molecule has 0 bridgehead atoms. The van der Waals surface area contributed by atoms with Gasteiger partial charge in [-0.15, -0.1) is 0 Å². The average Bonchev–Trinajstić information content (AvgIpc) is 3.09. The highest BCUT2D eigenvalue weighted by molar-refractivity contribution is 5.97. The molecule has 0 amide bonds. The second-order valence-electron chi connectivity index (χ2n) is 8.85. The second-order valence-corrected chi connectivity index (χ2v) is 8.85. The summed E-state index contributed by atoms with van der Waals surface area (Å²) in [6, 6.07) is 14.7. The van der Waals surface area contributed by atoms with Crippen molar-refractivity contribution in [3.63, 3.8) is 0 Å². The van der Waals surface area contributed by atoms with Crippen LogP contribution in [0.1, 0.15) is 47.7 Å². The number of pyridine rings is 1. The van der Waals surface area contributed by atoms with Gasteiger partial charge in [-0.25, -0.2) is 0 Å². The van der Waals surface area contributed by atoms with Crippen molar-refractivity contribution in [3.05, 3.63) is 76.3 Å². The zero-order chi connectivity index (χ0) is 22.8. The number of aromatic nitrogens is 2. The molecule has 0 saturated carbocycles. The predicted octanol–water partition coefficient (Wildman–Crippen LogP) is 6.05. The highest BCUT2D eigenvalue weighted by atomic mass is 16.5. The van der Waals surface area contributed by atoms with Gasteiger partial charge in [0.2, 0.25) is 0 Å². The van der Waals surface area contributed by atoms with Gasteiger partial charge < -0.3 is 15.0 Å². The Balaban J connectivity index is 1.84. The standard InChI is InChI=1S/C27H31N3O2/c1-16(2)12-26-23(14-28)27(20-8-6-17(3)7-9-20)22-13-21(10-11-25(22)29-26)31-15-24-18(4)30-32-19(24)5/h6-11,13,16H,12,14-15,28H2,1-5H3. The Kier molecular flexibility index (Phi) is 6.28. The monoisotopic (exact) mass is 429 g/mol. The van der Waals surface area contributed by atoms with Crippen LogP contribution < -0.4 is 10.5 Å². The van der Waals surface area contributed by atoms with Gasteiger partial charge in [-0.1, -0.05) is 48.8 Å². The second kappa shape index (κ2) is 9.13. The Morgan fingerprint density at radius 1 is 1.00 bits per heavy atom. The summed E-state index contributed by atoms with van der Waals surface area (Å²) in [5, 5.41) is 5.07. The van der Waals surface area contributed by atoms with E-state index < -0.39 is 0 Å². The molecule has 2 aromatic carbocycles. The van der Waals surface area contributed by atoms with E-state index >= 15 is 0 Å². The molecule has 5 heteroatoms. The Hall–Kier alpha value is -3.18. The molecular formula is C27H31N3O2. The maximum absolute atomic E-state index is 6.29. The Morgan fingerprint density at radius 2 is 1.75 bits per heavy atom. The van der Waals surface area contributed by atoms with E-state index in [9.17, 15) is 0 Å². The molecule has 0 unspecified atom stereocenters. The molecule has 4 aromatic rings. The SMILES string of the molecule is Cc1ccc(-c2c(CN)c(CC(C)C)nc3ccc(OCc4c(C)noc4C)cc23)cc1. The fraction of sp³-hybridized carbons (Fsp3) is 0.333. The maximum Gasteiger partial charge on any atom is 0.140 e. The van der Waals surface area contributed by atoms with E-state index in [-0.39, 0.29) is 0 Å². The highest BCUT2D eigenvalue weighted by Crippen LogP contribution is 2.36. The first-order valence-electron chi connectivity index (χ1n) is 11.1. The molecule has 5 nitrogen and oxygen atoms in total. The topological polar surface area (TPSA) is 74.2 Å². The van der Waals surface area contributed by atoms with Gasteiger partial charge in [0.1, 0.15) is 18.1 Å². The van der Waals surface area contributed by atoms with Crippen molar-refractivity contribution >= 4 is 10.9 Å². The lowest BCUT2D eigenvalue weighted by molar-refractivity contribution is 0.302. The molecular weight excluding hydrogens is 398 g/mol. The number of aryl methyl sites for hydroxylation is 3. The zero-order valence-corrected chi connectivity index (χ0v) is 19.5. The molecule has 0 aliphatic heterocycles. The number of fused-ring (bicyclic) bond motifs is 1. The lowest BCUT2D eigenvalue weighted by Gasteiger charge is -2.18. The Bertz CT molecular complexity index is 1220. The van der Waals surface area contributed by atoms with Crippen LogP contribution in [0.5, 0.6) is 5.75 Å². The van der Waals surface area contributed by atoms with Crippen LogP contribution >= 0.6 is 0 Å². The summed E-state index contributed by atoms with van der Waals surface area (Å²) in [6.45, 7) is 11.2. The van der Waals surface area contributed by atoms with E-state index in [1.54, 1.807) is 0 Å². The fourth-order valence-electron chi connectivity index (χ4n) is 4.11. The first-order chi connectivity index (χ1) is 15.4. The van der Waals surface area contributed by atoms with Crippen molar-refractivity contribution in [1.82, 2.24) is 10.1 Å². The Morgan fingerprint density at radius 3 is 2.38 bits per heavy atom. The quantitative estimate of drug-likeness (QED) is 0.387. The van der Waals surface area contributed by atoms with Crippen LogP contribution in [0.15, 0.2) is 47.0 Å². The molecule has 32 heavy (non-hydrogen) atoms. The summed E-state index contributed by atoms with van der Waals surface area (Å²) in [5.41, 5.74) is 14.8. The van der Waals surface area contributed by atoms with Gasteiger partial charge in [-0.2, -0.15) is 0 Å². The first-order valence-corrected chi connectivity index (χ1v) is 11.1. The zero-order valence-electron chi connectivity index (χ0n) is 19.5. The average molecular weight is 430 g/mol. The molecule has 4 rings (SSSR count). The largest absolute Gasteiger partial charge is 0.489 e. The summed E-state index contributed by atoms with van der Waals surface area (Å²) in [6.07, 6.45) is 0.894. The summed E-state index contributed by atoms with van der Waals surface area (Å²) in [4.78, 5) is 5.01. The van der Waals surface area contributed by atoms with Crippen molar-refractivity contribution in [2.45, 2.75) is 54.2 Å². The van der Waals surface area contributed by atoms with Gasteiger partial charge in [-0.3, -0.25) is 4.98 Å². The number of hydrogen-bond acceptors (Lipinski definition) is 5. The Labute approximate surface area is 189 Å². The highest BCUT2D eigenvalue weighted by Gasteiger charge is 2.18. The minimum absolute atomic E-state index is 0.412. The van der Waals surface area contributed by atoms with Crippen molar-refractivity contribution < 1.29 is 9.26 Å². The van der Waals surface area contributed by atoms with Gasteiger partial charge in [0.15, 0.2) is 0 Å². The summed E-state index contributed by atoms with van der Waals surface area (Å²) in [7, 11) is 0. The summed E-state index contributed by atoms with van der Waals surface area (Å²) < 4.78 is 11.4. The lowest BCUT2D eigenvalue weighted by atomic mass is 9.91. The van der Waals surface area contributed by atoms with Crippen LogP contribution in [0.3, 0.4) is 0 Å². The van der Waals surface area contributed by atoms with Crippen LogP contribution in [0, 0.1) is 26.7 Å². The van der Waals surface area contributed by atoms with Crippen molar-refractivity contribution in [2.75, 3.05) is 0 Å². The molecule has 2 heterocycles. The van der Waals surface area contributed by atoms with E-state index in [2.05, 4.69) is 56.3 Å². The van der Waals surface area contributed by atoms with Gasteiger partial charge in [-0.05, 0) is 68.0 Å². The predicted molar refractivity (Wildman–Crippen MR) is 129 cm³/mol. The molecule has 0 radical (unpaired) electrons. The van der Waals surface area contributed by atoms with E-state index in [1.807, 2.05) is 26.0 Å². The number of rotatable bonds is 7. The molecule has 0 saturated heterocycles. The van der Waals surface area contributed by atoms with E-state index in [4.69, 9.17) is 20.0 Å². The maximum atomic E-state index is 6.29. The smallest absolute Gasteiger partial charge is 0.140 e. The normalized spacial score (nSPS) is 11.5. The minimum atomic E-state index is 0.412. The molecule has 0 spiro atoms. The number of ether oxygens (including phenoxy) is 1. The number of nitrogens with zero attached hydrogens (tertiary/aromatic N) is 2. The fourth-order valence-corrected chi connectivity index (χ4v) is 4.11. The molecule has 0 fully saturated rings. The minimum Gasteiger partial charge on any atom is -0.489 e. The van der Waals surface area contributed by atoms with Crippen LogP contribution in [-0.2, 0) is 19.6 Å². The van der Waals surface area contributed by atoms with Gasteiger partial charge in [0.25, 0.3) is 0 Å². The van der Waals surface area contributed by atoms with E-state index in [0.717, 1.165) is 62.5 Å². The third-order valence-electron chi connectivity index (χ3n) is 5.85. The molecule has 166 valence electrons. The van der Waals surface area contributed by atoms with Gasteiger partial charge >= 0.3 is 0 Å². The van der Waals surface area contributed by atoms with Crippen LogP contribution in [0.4, 0.5) is 0 Å². The summed E-state index contributed by atoms with van der Waals surface area (Å²) in [5.74, 6) is 2.06. The van der Waals surface area contributed by atoms with Crippen molar-refractivity contribution in [3.8, 4) is 16.9 Å². The van der Waals surface area contributed by atoms with Crippen LogP contribution in [0.2, 0.25) is 0 Å². The third-order valence-corrected chi connectivity index (χ3v) is 5.85. The lowest BCUT2D eigenvalue weighted by Crippen LogP contribution is -2.10. The molecule has 0 aliphatic carbocycles. The molecule has 2 aromatic heterocycles. The molecule has 2 N–H and O–H groups in total. The van der Waals surface area contributed by atoms with Crippen molar-refractivity contribution in [2.24, 2.45) is 11.7 Å². The number of nitrogens with two attached hydrogens (primary N) is 1. The van der Waals surface area contributed by atoms with E-state index in [0.29, 0.717) is 19.1 Å². The first kappa shape index (κ1) is 22.0. The number of hydrogen-bond donors (Lipinski definition) is 1.